The first-order valence-corrected chi connectivity index (χ1v) is 8.99. The zero-order valence-corrected chi connectivity index (χ0v) is 15.6. The predicted molar refractivity (Wildman–Crippen MR) is 99.2 cm³/mol. The van der Waals surface area contributed by atoms with Gasteiger partial charge >= 0.3 is 0 Å². The molecule has 2 aromatic heterocycles. The lowest BCUT2D eigenvalue weighted by Crippen LogP contribution is -2.58. The second kappa shape index (κ2) is 7.64. The second-order valence-corrected chi connectivity index (χ2v) is 7.59. The molecule has 2 N–H and O–H groups in total. The fraction of sp³-hybridized carbons (Fsp3) is 0.579. The third-order valence-electron chi connectivity index (χ3n) is 4.82. The number of nitrogens with zero attached hydrogens (tertiary/aromatic N) is 3. The standard InChI is InChI=1S/C19H29N5O/c1-14-11-24(12-15(2)25-14)19(3,4)13-21-9-17-10-22-23-18(17)16-6-5-7-20-8-16/h5-8,10,14-15,21H,9,11-13H2,1-4H3,(H,22,23)/t14-,15-/m0/s1. The molecule has 0 aromatic carbocycles. The van der Waals surface area contributed by atoms with E-state index >= 15 is 0 Å². The van der Waals surface area contributed by atoms with Crippen molar-refractivity contribution in [2.24, 2.45) is 0 Å². The van der Waals surface area contributed by atoms with Gasteiger partial charge in [-0.05, 0) is 39.8 Å². The summed E-state index contributed by atoms with van der Waals surface area (Å²) in [4.78, 5) is 6.71. The summed E-state index contributed by atoms with van der Waals surface area (Å²) in [6.45, 7) is 12.5. The van der Waals surface area contributed by atoms with Gasteiger partial charge in [0.25, 0.3) is 0 Å². The molecule has 2 atom stereocenters. The minimum absolute atomic E-state index is 0.0739. The van der Waals surface area contributed by atoms with Crippen molar-refractivity contribution in [3.05, 3.63) is 36.3 Å². The highest BCUT2D eigenvalue weighted by Crippen LogP contribution is 2.22. The number of morpholine rings is 1. The van der Waals surface area contributed by atoms with Crippen LogP contribution in [-0.4, -0.2) is 57.5 Å². The van der Waals surface area contributed by atoms with E-state index in [0.717, 1.165) is 43.0 Å². The summed E-state index contributed by atoms with van der Waals surface area (Å²) in [7, 11) is 0. The lowest BCUT2D eigenvalue weighted by molar-refractivity contribution is -0.0952. The van der Waals surface area contributed by atoms with Gasteiger partial charge in [-0.1, -0.05) is 0 Å². The Labute approximate surface area is 150 Å². The first kappa shape index (κ1) is 18.0. The first-order chi connectivity index (χ1) is 12.0. The number of pyridine rings is 1. The maximum Gasteiger partial charge on any atom is 0.0710 e. The molecule has 0 aliphatic carbocycles. The smallest absolute Gasteiger partial charge is 0.0710 e. The van der Waals surface area contributed by atoms with E-state index in [1.807, 2.05) is 24.5 Å². The zero-order valence-electron chi connectivity index (χ0n) is 15.6. The Morgan fingerprint density at radius 2 is 2.04 bits per heavy atom. The minimum atomic E-state index is 0.0739. The largest absolute Gasteiger partial charge is 0.373 e. The fourth-order valence-electron chi connectivity index (χ4n) is 3.49. The Kier molecular flexibility index (Phi) is 5.51. The van der Waals surface area contributed by atoms with Gasteiger partial charge in [0.2, 0.25) is 0 Å². The number of hydrogen-bond donors (Lipinski definition) is 2. The van der Waals surface area contributed by atoms with Crippen molar-refractivity contribution >= 4 is 0 Å². The van der Waals surface area contributed by atoms with E-state index in [1.54, 1.807) is 6.20 Å². The number of aromatic nitrogens is 3. The van der Waals surface area contributed by atoms with Crippen LogP contribution in [0.25, 0.3) is 11.3 Å². The number of rotatable bonds is 6. The van der Waals surface area contributed by atoms with Crippen LogP contribution >= 0.6 is 0 Å². The van der Waals surface area contributed by atoms with Crippen LogP contribution in [0.5, 0.6) is 0 Å². The molecular formula is C19H29N5O. The summed E-state index contributed by atoms with van der Waals surface area (Å²) < 4.78 is 5.86. The van der Waals surface area contributed by atoms with E-state index < -0.39 is 0 Å². The molecule has 1 fully saturated rings. The first-order valence-electron chi connectivity index (χ1n) is 8.99. The van der Waals surface area contributed by atoms with E-state index in [9.17, 15) is 0 Å². The molecule has 0 unspecified atom stereocenters. The maximum absolute atomic E-state index is 5.86. The van der Waals surface area contributed by atoms with Crippen LogP contribution in [0.15, 0.2) is 30.7 Å². The average molecular weight is 343 g/mol. The van der Waals surface area contributed by atoms with E-state index in [4.69, 9.17) is 4.74 Å². The summed E-state index contributed by atoms with van der Waals surface area (Å²) in [6, 6.07) is 3.99. The molecule has 1 aliphatic heterocycles. The van der Waals surface area contributed by atoms with E-state index in [-0.39, 0.29) is 17.7 Å². The number of aromatic amines is 1. The average Bonchev–Trinajstić information content (AvgIpc) is 3.03. The monoisotopic (exact) mass is 343 g/mol. The van der Waals surface area contributed by atoms with Gasteiger partial charge in [0.15, 0.2) is 0 Å². The number of nitrogens with one attached hydrogen (secondary N) is 2. The quantitative estimate of drug-likeness (QED) is 0.843. The zero-order chi connectivity index (χ0) is 17.9. The minimum Gasteiger partial charge on any atom is -0.373 e. The summed E-state index contributed by atoms with van der Waals surface area (Å²) >= 11 is 0. The van der Waals surface area contributed by atoms with Gasteiger partial charge in [0.1, 0.15) is 0 Å². The number of H-pyrrole nitrogens is 1. The van der Waals surface area contributed by atoms with Gasteiger partial charge in [-0.15, -0.1) is 0 Å². The maximum atomic E-state index is 5.86. The molecule has 1 aliphatic rings. The van der Waals surface area contributed by atoms with Crippen LogP contribution in [0.2, 0.25) is 0 Å². The SMILES string of the molecule is C[C@H]1CN(C(C)(C)CNCc2cn[nH]c2-c2cccnc2)C[C@H](C)O1. The van der Waals surface area contributed by atoms with Gasteiger partial charge in [-0.25, -0.2) is 0 Å². The molecule has 6 nitrogen and oxygen atoms in total. The predicted octanol–water partition coefficient (Wildman–Crippen LogP) is 2.45. The Balaban J connectivity index is 1.59. The van der Waals surface area contributed by atoms with Crippen LogP contribution in [0.3, 0.4) is 0 Å². The van der Waals surface area contributed by atoms with Crippen LogP contribution in [0, 0.1) is 0 Å². The summed E-state index contributed by atoms with van der Waals surface area (Å²) in [5, 5.41) is 10.9. The molecule has 0 spiro atoms. The molecule has 25 heavy (non-hydrogen) atoms. The number of ether oxygens (including phenoxy) is 1. The van der Waals surface area contributed by atoms with Gasteiger partial charge in [-0.3, -0.25) is 15.0 Å². The van der Waals surface area contributed by atoms with E-state index in [1.165, 1.54) is 0 Å². The third kappa shape index (κ3) is 4.45. The van der Waals surface area contributed by atoms with Crippen LogP contribution in [-0.2, 0) is 11.3 Å². The normalized spacial score (nSPS) is 22.2. The molecule has 136 valence electrons. The van der Waals surface area contributed by atoms with Crippen molar-refractivity contribution in [1.82, 2.24) is 25.4 Å². The number of hydrogen-bond acceptors (Lipinski definition) is 5. The molecule has 2 aromatic rings. The highest BCUT2D eigenvalue weighted by molar-refractivity contribution is 5.61. The lowest BCUT2D eigenvalue weighted by atomic mass is 10.00. The van der Waals surface area contributed by atoms with Crippen molar-refractivity contribution < 1.29 is 4.74 Å². The Morgan fingerprint density at radius 1 is 1.28 bits per heavy atom. The molecule has 3 rings (SSSR count). The van der Waals surface area contributed by atoms with Crippen molar-refractivity contribution in [1.29, 1.82) is 0 Å². The summed E-state index contributed by atoms with van der Waals surface area (Å²) in [6.07, 6.45) is 6.10. The van der Waals surface area contributed by atoms with Crippen LogP contribution < -0.4 is 5.32 Å². The van der Waals surface area contributed by atoms with Crippen LogP contribution in [0.1, 0.15) is 33.3 Å². The summed E-state index contributed by atoms with van der Waals surface area (Å²) in [5.74, 6) is 0. The molecule has 0 radical (unpaired) electrons. The van der Waals surface area contributed by atoms with E-state index in [0.29, 0.717) is 0 Å². The summed E-state index contributed by atoms with van der Waals surface area (Å²) in [5.41, 5.74) is 3.33. The fourth-order valence-corrected chi connectivity index (χ4v) is 3.49. The molecule has 6 heteroatoms. The highest BCUT2D eigenvalue weighted by atomic mass is 16.5. The van der Waals surface area contributed by atoms with Crippen molar-refractivity contribution in [3.63, 3.8) is 0 Å². The van der Waals surface area contributed by atoms with Gasteiger partial charge in [0.05, 0.1) is 24.1 Å². The Hall–Kier alpha value is -1.76. The third-order valence-corrected chi connectivity index (χ3v) is 4.82. The van der Waals surface area contributed by atoms with Gasteiger partial charge in [-0.2, -0.15) is 5.10 Å². The molecule has 0 amide bonds. The van der Waals surface area contributed by atoms with Gasteiger partial charge < -0.3 is 10.1 Å². The molecule has 0 saturated carbocycles. The molecule has 3 heterocycles. The Bertz CT molecular complexity index is 659. The van der Waals surface area contributed by atoms with E-state index in [2.05, 4.69) is 53.1 Å². The van der Waals surface area contributed by atoms with Crippen molar-refractivity contribution in [2.45, 2.75) is 52.0 Å². The Morgan fingerprint density at radius 3 is 2.72 bits per heavy atom. The van der Waals surface area contributed by atoms with Crippen molar-refractivity contribution in [2.75, 3.05) is 19.6 Å². The topological polar surface area (TPSA) is 66.1 Å². The molecule has 1 saturated heterocycles. The molecule has 0 bridgehead atoms. The van der Waals surface area contributed by atoms with Crippen molar-refractivity contribution in [3.8, 4) is 11.3 Å². The highest BCUT2D eigenvalue weighted by Gasteiger charge is 2.32. The van der Waals surface area contributed by atoms with Gasteiger partial charge in [0, 0.05) is 55.2 Å². The lowest BCUT2D eigenvalue weighted by Gasteiger charge is -2.45. The van der Waals surface area contributed by atoms with Crippen LogP contribution in [0.4, 0.5) is 0 Å². The second-order valence-electron chi connectivity index (χ2n) is 7.59. The molecular weight excluding hydrogens is 314 g/mol.